The van der Waals surface area contributed by atoms with E-state index in [0.717, 1.165) is 38.0 Å². The van der Waals surface area contributed by atoms with Gasteiger partial charge in [-0.15, -0.1) is 24.8 Å². The Morgan fingerprint density at radius 2 is 2.19 bits per heavy atom. The second-order valence-electron chi connectivity index (χ2n) is 6.04. The number of rotatable bonds is 2. The van der Waals surface area contributed by atoms with Crippen molar-refractivity contribution in [1.82, 2.24) is 4.90 Å². The van der Waals surface area contributed by atoms with Crippen molar-refractivity contribution in [2.45, 2.75) is 19.8 Å². The zero-order chi connectivity index (χ0) is 13.5. The molecule has 6 heteroatoms. The smallest absolute Gasteiger partial charge is 0.253 e. The normalized spacial score (nSPS) is 22.9. The van der Waals surface area contributed by atoms with E-state index in [1.165, 1.54) is 11.3 Å². The number of nitrogens with zero attached hydrogens (tertiary/aromatic N) is 1. The number of anilines is 1. The Bertz CT molecular complexity index is 524. The lowest BCUT2D eigenvalue weighted by Gasteiger charge is -2.22. The molecule has 2 aliphatic rings. The highest BCUT2D eigenvalue weighted by Crippen LogP contribution is 2.30. The minimum atomic E-state index is 0. The van der Waals surface area contributed by atoms with Gasteiger partial charge in [-0.25, -0.2) is 0 Å². The first-order valence-corrected chi connectivity index (χ1v) is 6.97. The molecule has 0 bridgehead atoms. The summed E-state index contributed by atoms with van der Waals surface area (Å²) < 4.78 is 0. The summed E-state index contributed by atoms with van der Waals surface area (Å²) in [7, 11) is 0. The monoisotopic (exact) mass is 331 g/mol. The maximum atomic E-state index is 12.5. The minimum absolute atomic E-state index is 0. The number of fused-ring (bicyclic) bond motifs is 1. The van der Waals surface area contributed by atoms with E-state index in [-0.39, 0.29) is 36.1 Å². The number of carbonyl (C=O) groups is 1. The first kappa shape index (κ1) is 18.1. The molecule has 0 aliphatic carbocycles. The molecular formula is C15H23Cl2N3O. The van der Waals surface area contributed by atoms with E-state index in [0.29, 0.717) is 6.54 Å². The molecule has 3 rings (SSSR count). The highest BCUT2D eigenvalue weighted by Gasteiger charge is 2.35. The van der Waals surface area contributed by atoms with Gasteiger partial charge in [-0.1, -0.05) is 6.92 Å². The molecule has 1 fully saturated rings. The lowest BCUT2D eigenvalue weighted by atomic mass is 9.90. The fourth-order valence-corrected chi connectivity index (χ4v) is 2.98. The molecule has 0 aromatic heterocycles. The van der Waals surface area contributed by atoms with Crippen LogP contribution in [0.5, 0.6) is 0 Å². The number of halogens is 2. The van der Waals surface area contributed by atoms with Gasteiger partial charge in [0.05, 0.1) is 0 Å². The molecule has 1 aromatic carbocycles. The molecule has 1 saturated heterocycles. The topological polar surface area (TPSA) is 58.4 Å². The van der Waals surface area contributed by atoms with Gasteiger partial charge < -0.3 is 16.0 Å². The van der Waals surface area contributed by atoms with Crippen LogP contribution in [0.4, 0.5) is 5.69 Å². The minimum Gasteiger partial charge on any atom is -0.384 e. The maximum absolute atomic E-state index is 12.5. The maximum Gasteiger partial charge on any atom is 0.253 e. The number of carbonyl (C=O) groups excluding carboxylic acids is 1. The molecule has 4 nitrogen and oxygen atoms in total. The molecule has 1 aromatic rings. The predicted octanol–water partition coefficient (Wildman–Crippen LogP) is 2.31. The number of benzene rings is 1. The summed E-state index contributed by atoms with van der Waals surface area (Å²) in [5, 5.41) is 3.32. The second kappa shape index (κ2) is 6.86. The van der Waals surface area contributed by atoms with Crippen molar-refractivity contribution in [2.24, 2.45) is 11.1 Å². The number of hydrogen-bond donors (Lipinski definition) is 2. The van der Waals surface area contributed by atoms with E-state index in [1.807, 2.05) is 23.1 Å². The van der Waals surface area contributed by atoms with Crippen molar-refractivity contribution in [3.8, 4) is 0 Å². The lowest BCUT2D eigenvalue weighted by molar-refractivity contribution is 0.0777. The lowest BCUT2D eigenvalue weighted by Crippen LogP contribution is -2.34. The van der Waals surface area contributed by atoms with Crippen LogP contribution in [0.15, 0.2) is 18.2 Å². The summed E-state index contributed by atoms with van der Waals surface area (Å²) >= 11 is 0. The molecule has 2 aliphatic heterocycles. The summed E-state index contributed by atoms with van der Waals surface area (Å²) in [6.07, 6.45) is 2.01. The fourth-order valence-electron chi connectivity index (χ4n) is 2.98. The second-order valence-corrected chi connectivity index (χ2v) is 6.04. The van der Waals surface area contributed by atoms with Crippen LogP contribution in [0.3, 0.4) is 0 Å². The van der Waals surface area contributed by atoms with Gasteiger partial charge in [0.1, 0.15) is 0 Å². The number of likely N-dealkylation sites (tertiary alicyclic amines) is 1. The van der Waals surface area contributed by atoms with Crippen LogP contribution in [0.25, 0.3) is 0 Å². The highest BCUT2D eigenvalue weighted by molar-refractivity contribution is 5.95. The van der Waals surface area contributed by atoms with E-state index < -0.39 is 0 Å². The van der Waals surface area contributed by atoms with Crippen molar-refractivity contribution >= 4 is 36.4 Å². The van der Waals surface area contributed by atoms with E-state index in [2.05, 4.69) is 12.2 Å². The summed E-state index contributed by atoms with van der Waals surface area (Å²) in [5.74, 6) is 0.145. The third-order valence-corrected chi connectivity index (χ3v) is 4.40. The summed E-state index contributed by atoms with van der Waals surface area (Å²) in [5.41, 5.74) is 9.12. The van der Waals surface area contributed by atoms with Crippen LogP contribution in [0, 0.1) is 5.41 Å². The fraction of sp³-hybridized carbons (Fsp3) is 0.533. The Morgan fingerprint density at radius 3 is 2.86 bits per heavy atom. The molecule has 21 heavy (non-hydrogen) atoms. The molecule has 0 saturated carbocycles. The standard InChI is InChI=1S/C15H21N3O.2ClH/c1-15(9-16)5-7-18(10-15)14(19)12-2-3-13-11(8-12)4-6-17-13;;/h2-3,8,17H,4-7,9-10,16H2,1H3;2*1H. The van der Waals surface area contributed by atoms with Crippen molar-refractivity contribution in [3.63, 3.8) is 0 Å². The van der Waals surface area contributed by atoms with Gasteiger partial charge in [0.2, 0.25) is 0 Å². The van der Waals surface area contributed by atoms with E-state index in [4.69, 9.17) is 5.73 Å². The molecule has 3 N–H and O–H groups in total. The third-order valence-electron chi connectivity index (χ3n) is 4.40. The molecule has 2 heterocycles. The van der Waals surface area contributed by atoms with Crippen LogP contribution in [-0.2, 0) is 6.42 Å². The molecule has 118 valence electrons. The Kier molecular flexibility index (Phi) is 5.91. The summed E-state index contributed by atoms with van der Waals surface area (Å²) in [6, 6.07) is 5.99. The van der Waals surface area contributed by atoms with Crippen molar-refractivity contribution < 1.29 is 4.79 Å². The average Bonchev–Trinajstić information content (AvgIpc) is 3.04. The van der Waals surface area contributed by atoms with Crippen LogP contribution in [0.2, 0.25) is 0 Å². The van der Waals surface area contributed by atoms with E-state index in [1.54, 1.807) is 0 Å². The predicted molar refractivity (Wildman–Crippen MR) is 90.8 cm³/mol. The first-order valence-electron chi connectivity index (χ1n) is 6.97. The molecule has 0 spiro atoms. The highest BCUT2D eigenvalue weighted by atomic mass is 35.5. The summed E-state index contributed by atoms with van der Waals surface area (Å²) in [6.45, 7) is 5.37. The van der Waals surface area contributed by atoms with Crippen LogP contribution in [0.1, 0.15) is 29.3 Å². The van der Waals surface area contributed by atoms with Crippen molar-refractivity contribution in [2.75, 3.05) is 31.5 Å². The Morgan fingerprint density at radius 1 is 1.43 bits per heavy atom. The quantitative estimate of drug-likeness (QED) is 0.874. The average molecular weight is 332 g/mol. The summed E-state index contributed by atoms with van der Waals surface area (Å²) in [4.78, 5) is 14.5. The van der Waals surface area contributed by atoms with E-state index in [9.17, 15) is 4.79 Å². The Hall–Kier alpha value is -0.970. The Balaban J connectivity index is 0.00000110. The first-order chi connectivity index (χ1) is 9.11. The number of amides is 1. The van der Waals surface area contributed by atoms with Gasteiger partial charge in [-0.05, 0) is 48.6 Å². The molecule has 1 unspecified atom stereocenters. The largest absolute Gasteiger partial charge is 0.384 e. The molecule has 1 atom stereocenters. The molecule has 0 radical (unpaired) electrons. The van der Waals surface area contributed by atoms with Crippen molar-refractivity contribution in [1.29, 1.82) is 0 Å². The van der Waals surface area contributed by atoms with Gasteiger partial charge in [0, 0.05) is 30.9 Å². The third kappa shape index (κ3) is 3.44. The zero-order valence-corrected chi connectivity index (χ0v) is 13.9. The number of nitrogens with two attached hydrogens (primary N) is 1. The molecule has 1 amide bonds. The number of nitrogens with one attached hydrogen (secondary N) is 1. The van der Waals surface area contributed by atoms with Gasteiger partial charge in [-0.3, -0.25) is 4.79 Å². The SMILES string of the molecule is CC1(CN)CCN(C(=O)c2ccc3c(c2)CCN3)C1.Cl.Cl. The zero-order valence-electron chi connectivity index (χ0n) is 12.2. The number of hydrogen-bond acceptors (Lipinski definition) is 3. The van der Waals surface area contributed by atoms with Gasteiger partial charge >= 0.3 is 0 Å². The van der Waals surface area contributed by atoms with Gasteiger partial charge in [0.15, 0.2) is 0 Å². The van der Waals surface area contributed by atoms with Gasteiger partial charge in [0.25, 0.3) is 5.91 Å². The van der Waals surface area contributed by atoms with E-state index >= 15 is 0 Å². The Labute approximate surface area is 138 Å². The van der Waals surface area contributed by atoms with Crippen molar-refractivity contribution in [3.05, 3.63) is 29.3 Å². The molecular weight excluding hydrogens is 309 g/mol. The van der Waals surface area contributed by atoms with Crippen LogP contribution in [-0.4, -0.2) is 37.0 Å². The van der Waals surface area contributed by atoms with Crippen LogP contribution >= 0.6 is 24.8 Å². The van der Waals surface area contributed by atoms with Crippen LogP contribution < -0.4 is 11.1 Å². The van der Waals surface area contributed by atoms with Gasteiger partial charge in [-0.2, -0.15) is 0 Å².